The van der Waals surface area contributed by atoms with Crippen LogP contribution >= 0.6 is 0 Å². The Morgan fingerprint density at radius 3 is 2.15 bits per heavy atom. The van der Waals surface area contributed by atoms with E-state index in [-0.39, 0.29) is 0 Å². The van der Waals surface area contributed by atoms with Gasteiger partial charge in [-0.1, -0.05) is 37.8 Å². The summed E-state index contributed by atoms with van der Waals surface area (Å²) in [6, 6.07) is 7.48. The minimum absolute atomic E-state index is 0.550. The summed E-state index contributed by atoms with van der Waals surface area (Å²) in [5.74, 6) is 3.94. The number of halogens is 3. The SMILES string of the molecule is CC1CCC(c2ccc(C#CC(F)=C(F)F)cc2)CC1. The fourth-order valence-electron chi connectivity index (χ4n) is 2.61. The van der Waals surface area contributed by atoms with E-state index in [1.54, 1.807) is 12.1 Å². The van der Waals surface area contributed by atoms with Crippen LogP contribution in [0.3, 0.4) is 0 Å². The zero-order valence-electron chi connectivity index (χ0n) is 11.4. The first-order chi connectivity index (χ1) is 9.56. The molecular formula is C17H17F3. The van der Waals surface area contributed by atoms with Crippen LogP contribution in [0.4, 0.5) is 13.2 Å². The standard InChI is InChI=1S/C17H17F3/c1-12-2-7-14(8-3-12)15-9-4-13(5-10-15)6-11-16(18)17(19)20/h4-5,9-10,12,14H,2-3,7-8H2,1H3. The van der Waals surface area contributed by atoms with Gasteiger partial charge in [0.25, 0.3) is 0 Å². The minimum atomic E-state index is -2.37. The van der Waals surface area contributed by atoms with Crippen LogP contribution in [0.15, 0.2) is 36.2 Å². The normalized spacial score (nSPS) is 21.8. The van der Waals surface area contributed by atoms with Gasteiger partial charge in [-0.2, -0.15) is 13.2 Å². The third kappa shape index (κ3) is 3.90. The molecule has 0 N–H and O–H groups in total. The Morgan fingerprint density at radius 2 is 1.60 bits per heavy atom. The molecule has 0 nitrogen and oxygen atoms in total. The van der Waals surface area contributed by atoms with Crippen molar-refractivity contribution in [3.05, 3.63) is 47.3 Å². The molecule has 0 radical (unpaired) electrons. The molecule has 1 saturated carbocycles. The van der Waals surface area contributed by atoms with E-state index in [1.807, 2.05) is 18.1 Å². The second kappa shape index (κ2) is 6.65. The summed E-state index contributed by atoms with van der Waals surface area (Å²) in [5.41, 5.74) is 1.81. The lowest BCUT2D eigenvalue weighted by Crippen LogP contribution is -2.10. The fourth-order valence-corrected chi connectivity index (χ4v) is 2.61. The van der Waals surface area contributed by atoms with Gasteiger partial charge in [-0.05, 0) is 48.3 Å². The Hall–Kier alpha value is -1.69. The molecule has 2 rings (SSSR count). The van der Waals surface area contributed by atoms with E-state index in [2.05, 4.69) is 12.8 Å². The van der Waals surface area contributed by atoms with Gasteiger partial charge in [0.1, 0.15) is 0 Å². The van der Waals surface area contributed by atoms with Crippen molar-refractivity contribution in [2.75, 3.05) is 0 Å². The highest BCUT2D eigenvalue weighted by atomic mass is 19.3. The van der Waals surface area contributed by atoms with Crippen molar-refractivity contribution in [1.29, 1.82) is 0 Å². The van der Waals surface area contributed by atoms with Crippen molar-refractivity contribution < 1.29 is 13.2 Å². The van der Waals surface area contributed by atoms with Gasteiger partial charge in [0.2, 0.25) is 5.83 Å². The second-order valence-electron chi connectivity index (χ2n) is 5.40. The molecular weight excluding hydrogens is 261 g/mol. The van der Waals surface area contributed by atoms with Crippen LogP contribution < -0.4 is 0 Å². The van der Waals surface area contributed by atoms with Crippen molar-refractivity contribution in [3.63, 3.8) is 0 Å². The predicted octanol–water partition coefficient (Wildman–Crippen LogP) is 5.41. The van der Waals surface area contributed by atoms with Crippen molar-refractivity contribution in [2.24, 2.45) is 5.92 Å². The molecule has 1 fully saturated rings. The van der Waals surface area contributed by atoms with Crippen molar-refractivity contribution in [3.8, 4) is 11.8 Å². The molecule has 0 heterocycles. The van der Waals surface area contributed by atoms with Crippen LogP contribution in [0.2, 0.25) is 0 Å². The number of hydrogen-bond donors (Lipinski definition) is 0. The van der Waals surface area contributed by atoms with E-state index < -0.39 is 11.9 Å². The van der Waals surface area contributed by atoms with Gasteiger partial charge in [0, 0.05) is 5.56 Å². The monoisotopic (exact) mass is 278 g/mol. The van der Waals surface area contributed by atoms with Gasteiger partial charge in [-0.15, -0.1) is 0 Å². The Balaban J connectivity index is 2.05. The average Bonchev–Trinajstić information content (AvgIpc) is 2.46. The van der Waals surface area contributed by atoms with Gasteiger partial charge in [0.15, 0.2) is 0 Å². The lowest BCUT2D eigenvalue weighted by Gasteiger charge is -2.26. The molecule has 1 aromatic rings. The zero-order valence-corrected chi connectivity index (χ0v) is 11.4. The smallest absolute Gasteiger partial charge is 0.191 e. The quantitative estimate of drug-likeness (QED) is 0.602. The lowest BCUT2D eigenvalue weighted by molar-refractivity contribution is 0.348. The molecule has 20 heavy (non-hydrogen) atoms. The largest absolute Gasteiger partial charge is 0.314 e. The van der Waals surface area contributed by atoms with E-state index in [4.69, 9.17) is 0 Å². The first kappa shape index (κ1) is 14.7. The predicted molar refractivity (Wildman–Crippen MR) is 74.0 cm³/mol. The summed E-state index contributed by atoms with van der Waals surface area (Å²) >= 11 is 0. The van der Waals surface area contributed by atoms with E-state index in [0.29, 0.717) is 11.5 Å². The van der Waals surface area contributed by atoms with Crippen LogP contribution in [0.1, 0.15) is 49.7 Å². The maximum absolute atomic E-state index is 12.6. The molecule has 0 spiro atoms. The number of allylic oxidation sites excluding steroid dienone is 1. The first-order valence-electron chi connectivity index (χ1n) is 6.89. The third-order valence-corrected chi connectivity index (χ3v) is 3.88. The molecule has 0 aliphatic heterocycles. The van der Waals surface area contributed by atoms with Crippen LogP contribution in [-0.2, 0) is 0 Å². The van der Waals surface area contributed by atoms with E-state index in [1.165, 1.54) is 31.2 Å². The summed E-state index contributed by atoms with van der Waals surface area (Å²) in [6.45, 7) is 2.28. The maximum atomic E-state index is 12.6. The molecule has 1 aliphatic rings. The van der Waals surface area contributed by atoms with E-state index in [9.17, 15) is 13.2 Å². The molecule has 3 heteroatoms. The van der Waals surface area contributed by atoms with E-state index in [0.717, 1.165) is 5.92 Å². The second-order valence-corrected chi connectivity index (χ2v) is 5.40. The summed E-state index contributed by atoms with van der Waals surface area (Å²) in [4.78, 5) is 0. The first-order valence-corrected chi connectivity index (χ1v) is 6.89. The Bertz CT molecular complexity index is 534. The fraction of sp³-hybridized carbons (Fsp3) is 0.412. The minimum Gasteiger partial charge on any atom is -0.191 e. The summed E-state index contributed by atoms with van der Waals surface area (Å²) < 4.78 is 36.3. The number of rotatable bonds is 1. The highest BCUT2D eigenvalue weighted by molar-refractivity contribution is 5.40. The molecule has 0 atom stereocenters. The Morgan fingerprint density at radius 1 is 1.00 bits per heavy atom. The molecule has 0 amide bonds. The van der Waals surface area contributed by atoms with E-state index >= 15 is 0 Å². The molecule has 1 aromatic carbocycles. The van der Waals surface area contributed by atoms with Crippen LogP contribution in [0, 0.1) is 17.8 Å². The lowest BCUT2D eigenvalue weighted by atomic mass is 9.79. The highest BCUT2D eigenvalue weighted by Crippen LogP contribution is 2.35. The van der Waals surface area contributed by atoms with Crippen LogP contribution in [0.5, 0.6) is 0 Å². The van der Waals surface area contributed by atoms with Crippen molar-refractivity contribution in [2.45, 2.75) is 38.5 Å². The zero-order chi connectivity index (χ0) is 14.5. The maximum Gasteiger partial charge on any atom is 0.314 e. The van der Waals surface area contributed by atoms with Gasteiger partial charge < -0.3 is 0 Å². The number of benzene rings is 1. The Labute approximate surface area is 117 Å². The van der Waals surface area contributed by atoms with Gasteiger partial charge in [-0.25, -0.2) is 0 Å². The molecule has 0 unspecified atom stereocenters. The number of hydrogen-bond acceptors (Lipinski definition) is 0. The summed E-state index contributed by atoms with van der Waals surface area (Å²) in [7, 11) is 0. The van der Waals surface area contributed by atoms with Crippen molar-refractivity contribution >= 4 is 0 Å². The molecule has 0 aromatic heterocycles. The average molecular weight is 278 g/mol. The summed E-state index contributed by atoms with van der Waals surface area (Å²) in [5, 5.41) is 0. The topological polar surface area (TPSA) is 0 Å². The van der Waals surface area contributed by atoms with Crippen LogP contribution in [-0.4, -0.2) is 0 Å². The molecule has 0 saturated heterocycles. The van der Waals surface area contributed by atoms with Crippen molar-refractivity contribution in [1.82, 2.24) is 0 Å². The van der Waals surface area contributed by atoms with Gasteiger partial charge in [0.05, 0.1) is 0 Å². The van der Waals surface area contributed by atoms with Gasteiger partial charge >= 0.3 is 6.08 Å². The van der Waals surface area contributed by atoms with Gasteiger partial charge in [-0.3, -0.25) is 0 Å². The Kier molecular flexibility index (Phi) is 4.89. The molecule has 1 aliphatic carbocycles. The summed E-state index contributed by atoms with van der Waals surface area (Å²) in [6.07, 6.45) is 2.51. The highest BCUT2D eigenvalue weighted by Gasteiger charge is 2.19. The van der Waals surface area contributed by atoms with Crippen LogP contribution in [0.25, 0.3) is 0 Å². The molecule has 0 bridgehead atoms. The molecule has 106 valence electrons. The third-order valence-electron chi connectivity index (χ3n) is 3.88.